The Hall–Kier alpha value is -2.41. The summed E-state index contributed by atoms with van der Waals surface area (Å²) in [7, 11) is -3.08. The third-order valence-electron chi connectivity index (χ3n) is 4.92. The molecule has 0 spiro atoms. The maximum atomic E-state index is 12.4. The number of para-hydroxylation sites is 1. The molecular formula is C21H26N2O3Si. The zero-order valence-corrected chi connectivity index (χ0v) is 16.5. The molecule has 0 saturated heterocycles. The van der Waals surface area contributed by atoms with Gasteiger partial charge in [0.2, 0.25) is 0 Å². The SMILES string of the molecule is CC[Si](O)(O)CCc1cccc(C(=O)NCCc2c[nH]c3ccccc23)c1. The zero-order chi connectivity index (χ0) is 19.3. The summed E-state index contributed by atoms with van der Waals surface area (Å²) in [5, 5.41) is 4.16. The monoisotopic (exact) mass is 382 g/mol. The molecule has 1 amide bonds. The molecule has 0 fully saturated rings. The van der Waals surface area contributed by atoms with Crippen LogP contribution in [0.4, 0.5) is 0 Å². The highest BCUT2D eigenvalue weighted by Gasteiger charge is 2.25. The molecule has 0 bridgehead atoms. The number of aryl methyl sites for hydroxylation is 1. The molecule has 3 aromatic rings. The van der Waals surface area contributed by atoms with Crippen molar-refractivity contribution in [3.05, 3.63) is 71.4 Å². The van der Waals surface area contributed by atoms with Gasteiger partial charge in [-0.25, -0.2) is 0 Å². The summed E-state index contributed by atoms with van der Waals surface area (Å²) in [6.45, 7) is 2.36. The standard InChI is InChI=1S/C21H26N2O3Si/c1-2-27(25,26)13-11-16-6-5-7-17(14-16)21(24)22-12-10-18-15-23-20-9-4-3-8-19(18)20/h3-9,14-15,23,25-26H,2,10-13H2,1H3,(H,22,24). The number of amides is 1. The van der Waals surface area contributed by atoms with Gasteiger partial charge < -0.3 is 19.9 Å². The van der Waals surface area contributed by atoms with E-state index in [4.69, 9.17) is 0 Å². The van der Waals surface area contributed by atoms with Crippen LogP contribution in [0, 0.1) is 0 Å². The van der Waals surface area contributed by atoms with E-state index < -0.39 is 8.56 Å². The predicted molar refractivity (Wildman–Crippen MR) is 110 cm³/mol. The van der Waals surface area contributed by atoms with Crippen molar-refractivity contribution >= 4 is 25.4 Å². The van der Waals surface area contributed by atoms with E-state index in [2.05, 4.69) is 16.4 Å². The Labute approximate surface area is 160 Å². The lowest BCUT2D eigenvalue weighted by Gasteiger charge is -2.15. The maximum absolute atomic E-state index is 12.4. The van der Waals surface area contributed by atoms with Gasteiger partial charge in [-0.1, -0.05) is 37.3 Å². The lowest BCUT2D eigenvalue weighted by molar-refractivity contribution is 0.0954. The van der Waals surface area contributed by atoms with Crippen molar-refractivity contribution in [1.82, 2.24) is 10.3 Å². The van der Waals surface area contributed by atoms with Crippen molar-refractivity contribution < 1.29 is 14.4 Å². The van der Waals surface area contributed by atoms with Gasteiger partial charge >= 0.3 is 8.56 Å². The van der Waals surface area contributed by atoms with Crippen LogP contribution in [0.1, 0.15) is 28.4 Å². The Morgan fingerprint density at radius 3 is 2.74 bits per heavy atom. The van der Waals surface area contributed by atoms with Crippen molar-refractivity contribution in [2.75, 3.05) is 6.54 Å². The summed E-state index contributed by atoms with van der Waals surface area (Å²) in [6.07, 6.45) is 3.32. The summed E-state index contributed by atoms with van der Waals surface area (Å²) in [5.74, 6) is -0.108. The van der Waals surface area contributed by atoms with Gasteiger partial charge in [-0.15, -0.1) is 0 Å². The molecule has 5 nitrogen and oxygen atoms in total. The number of carbonyl (C=O) groups excluding carboxylic acids is 1. The van der Waals surface area contributed by atoms with Gasteiger partial charge in [0.05, 0.1) is 0 Å². The van der Waals surface area contributed by atoms with Crippen molar-refractivity contribution in [2.24, 2.45) is 0 Å². The lowest BCUT2D eigenvalue weighted by Crippen LogP contribution is -2.33. The van der Waals surface area contributed by atoms with Crippen LogP contribution < -0.4 is 5.32 Å². The number of fused-ring (bicyclic) bond motifs is 1. The van der Waals surface area contributed by atoms with Crippen LogP contribution in [0.25, 0.3) is 10.9 Å². The number of aromatic nitrogens is 1. The molecule has 3 rings (SSSR count). The van der Waals surface area contributed by atoms with E-state index in [9.17, 15) is 14.4 Å². The van der Waals surface area contributed by atoms with E-state index in [0.717, 1.165) is 17.5 Å². The first kappa shape index (κ1) is 19.4. The quantitative estimate of drug-likeness (QED) is 0.452. The zero-order valence-electron chi connectivity index (χ0n) is 15.5. The van der Waals surface area contributed by atoms with Gasteiger partial charge in [-0.05, 0) is 54.3 Å². The number of rotatable bonds is 8. The largest absolute Gasteiger partial charge is 0.411 e. The first-order chi connectivity index (χ1) is 13.0. The molecule has 1 heterocycles. The van der Waals surface area contributed by atoms with Crippen LogP contribution in [0.2, 0.25) is 12.1 Å². The number of aromatic amines is 1. The molecule has 0 unspecified atom stereocenters. The van der Waals surface area contributed by atoms with Gasteiger partial charge in [-0.3, -0.25) is 4.79 Å². The number of nitrogens with one attached hydrogen (secondary N) is 2. The van der Waals surface area contributed by atoms with Crippen LogP contribution in [-0.2, 0) is 12.8 Å². The fourth-order valence-corrected chi connectivity index (χ4v) is 4.18. The first-order valence-corrected chi connectivity index (χ1v) is 11.7. The highest BCUT2D eigenvalue weighted by molar-refractivity contribution is 6.64. The molecule has 0 atom stereocenters. The van der Waals surface area contributed by atoms with Crippen LogP contribution >= 0.6 is 0 Å². The molecule has 0 radical (unpaired) electrons. The van der Waals surface area contributed by atoms with Crippen LogP contribution in [0.15, 0.2) is 54.7 Å². The average Bonchev–Trinajstić information content (AvgIpc) is 3.10. The minimum absolute atomic E-state index is 0.108. The fraction of sp³-hybridized carbons (Fsp3) is 0.286. The minimum Gasteiger partial charge on any atom is -0.411 e. The third-order valence-corrected chi connectivity index (χ3v) is 7.11. The molecule has 0 aliphatic rings. The number of hydrogen-bond donors (Lipinski definition) is 4. The molecular weight excluding hydrogens is 356 g/mol. The minimum atomic E-state index is -3.08. The highest BCUT2D eigenvalue weighted by atomic mass is 28.4. The van der Waals surface area contributed by atoms with Crippen LogP contribution in [0.5, 0.6) is 0 Å². The van der Waals surface area contributed by atoms with Crippen LogP contribution in [-0.4, -0.2) is 35.6 Å². The van der Waals surface area contributed by atoms with E-state index >= 15 is 0 Å². The predicted octanol–water partition coefficient (Wildman–Crippen LogP) is 3.13. The van der Waals surface area contributed by atoms with E-state index in [-0.39, 0.29) is 5.91 Å². The summed E-state index contributed by atoms with van der Waals surface area (Å²) < 4.78 is 0. The normalized spacial score (nSPS) is 11.7. The Bertz CT molecular complexity index is 920. The van der Waals surface area contributed by atoms with Gasteiger partial charge in [0.15, 0.2) is 0 Å². The van der Waals surface area contributed by atoms with Crippen LogP contribution in [0.3, 0.4) is 0 Å². The average molecular weight is 383 g/mol. The first-order valence-electron chi connectivity index (χ1n) is 9.35. The molecule has 0 saturated carbocycles. The Balaban J connectivity index is 1.55. The van der Waals surface area contributed by atoms with E-state index in [1.807, 2.05) is 42.6 Å². The summed E-state index contributed by atoms with van der Waals surface area (Å²) in [4.78, 5) is 35.4. The van der Waals surface area contributed by atoms with Crippen molar-refractivity contribution in [3.63, 3.8) is 0 Å². The van der Waals surface area contributed by atoms with E-state index in [1.165, 1.54) is 10.9 Å². The number of H-pyrrole nitrogens is 1. The summed E-state index contributed by atoms with van der Waals surface area (Å²) in [6, 6.07) is 16.3. The molecule has 142 valence electrons. The Kier molecular flexibility index (Phi) is 6.10. The third kappa shape index (κ3) is 5.06. The molecule has 0 aliphatic heterocycles. The van der Waals surface area contributed by atoms with E-state index in [1.54, 1.807) is 13.0 Å². The highest BCUT2D eigenvalue weighted by Crippen LogP contribution is 2.18. The topological polar surface area (TPSA) is 85.3 Å². The molecule has 1 aromatic heterocycles. The van der Waals surface area contributed by atoms with Crippen molar-refractivity contribution in [3.8, 4) is 0 Å². The van der Waals surface area contributed by atoms with Gasteiger partial charge in [0, 0.05) is 29.2 Å². The van der Waals surface area contributed by atoms with Crippen molar-refractivity contribution in [1.29, 1.82) is 0 Å². The second-order valence-electron chi connectivity index (χ2n) is 6.90. The Morgan fingerprint density at radius 2 is 1.93 bits per heavy atom. The second kappa shape index (κ2) is 8.52. The van der Waals surface area contributed by atoms with E-state index in [0.29, 0.717) is 30.6 Å². The number of hydrogen-bond acceptors (Lipinski definition) is 3. The molecule has 27 heavy (non-hydrogen) atoms. The fourth-order valence-electron chi connectivity index (χ4n) is 3.14. The maximum Gasteiger partial charge on any atom is 0.332 e. The second-order valence-corrected chi connectivity index (χ2v) is 10.1. The van der Waals surface area contributed by atoms with Crippen molar-refractivity contribution in [2.45, 2.75) is 31.9 Å². The molecule has 6 heteroatoms. The summed E-state index contributed by atoms with van der Waals surface area (Å²) >= 11 is 0. The molecule has 0 aliphatic carbocycles. The number of carbonyl (C=O) groups is 1. The lowest BCUT2D eigenvalue weighted by atomic mass is 10.1. The van der Waals surface area contributed by atoms with Gasteiger partial charge in [0.1, 0.15) is 0 Å². The smallest absolute Gasteiger partial charge is 0.332 e. The van der Waals surface area contributed by atoms with Gasteiger partial charge in [0.25, 0.3) is 5.91 Å². The molecule has 4 N–H and O–H groups in total. The Morgan fingerprint density at radius 1 is 1.11 bits per heavy atom. The summed E-state index contributed by atoms with van der Waals surface area (Å²) in [5.41, 5.74) is 3.84. The van der Waals surface area contributed by atoms with Gasteiger partial charge in [-0.2, -0.15) is 0 Å². The molecule has 2 aromatic carbocycles. The number of benzene rings is 2.